The first-order valence-electron chi connectivity index (χ1n) is 7.37. The van der Waals surface area contributed by atoms with Crippen LogP contribution >= 0.6 is 11.6 Å². The third kappa shape index (κ3) is 4.76. The molecular weight excluding hydrogens is 361 g/mol. The van der Waals surface area contributed by atoms with E-state index in [4.69, 9.17) is 11.6 Å². The van der Waals surface area contributed by atoms with E-state index in [0.717, 1.165) is 46.0 Å². The minimum Gasteiger partial charge on any atom is -0.321 e. The molecule has 1 radical (unpaired) electrons. The van der Waals surface area contributed by atoms with E-state index in [9.17, 15) is 4.79 Å². The van der Waals surface area contributed by atoms with Crippen LogP contribution in [0.2, 0.25) is 5.02 Å². The van der Waals surface area contributed by atoms with Gasteiger partial charge < -0.3 is 9.80 Å². The Morgan fingerprint density at radius 3 is 2.24 bits per heavy atom. The summed E-state index contributed by atoms with van der Waals surface area (Å²) in [6.45, 7) is 10.0. The fourth-order valence-electron chi connectivity index (χ4n) is 3.18. The average Bonchev–Trinajstić information content (AvgIpc) is 2.83. The number of benzene rings is 1. The molecule has 21 heavy (non-hydrogen) atoms. The summed E-state index contributed by atoms with van der Waals surface area (Å²) in [5, 5.41) is 3.80. The zero-order valence-corrected chi connectivity index (χ0v) is 16.8. The van der Waals surface area contributed by atoms with Gasteiger partial charge in [0.05, 0.1) is 19.6 Å². The SMILES string of the molecule is CC[N+]1(CC(=O)Nc2c(C)cc(Cl)cc2C)CCCC1.[Y]. The maximum Gasteiger partial charge on any atom is 0.279 e. The Morgan fingerprint density at radius 1 is 1.24 bits per heavy atom. The Bertz CT molecular complexity index is 490. The number of anilines is 1. The van der Waals surface area contributed by atoms with Gasteiger partial charge in [0.2, 0.25) is 0 Å². The molecule has 1 saturated heterocycles. The van der Waals surface area contributed by atoms with Crippen LogP contribution in [0.3, 0.4) is 0 Å². The van der Waals surface area contributed by atoms with E-state index in [1.807, 2.05) is 26.0 Å². The van der Waals surface area contributed by atoms with Crippen LogP contribution in [0.25, 0.3) is 0 Å². The predicted octanol–water partition coefficient (Wildman–Crippen LogP) is 3.52. The van der Waals surface area contributed by atoms with Gasteiger partial charge in [-0.2, -0.15) is 0 Å². The number of hydrogen-bond donors (Lipinski definition) is 1. The number of amides is 1. The molecule has 0 aromatic heterocycles. The molecule has 1 fully saturated rings. The van der Waals surface area contributed by atoms with Crippen molar-refractivity contribution >= 4 is 23.2 Å². The minimum atomic E-state index is 0. The zero-order valence-electron chi connectivity index (χ0n) is 13.2. The summed E-state index contributed by atoms with van der Waals surface area (Å²) in [5.41, 5.74) is 2.95. The molecule has 5 heteroatoms. The van der Waals surface area contributed by atoms with Gasteiger partial charge in [-0.05, 0) is 44.0 Å². The Balaban J connectivity index is 0.00000220. The molecule has 1 aliphatic rings. The Morgan fingerprint density at radius 2 is 1.76 bits per heavy atom. The van der Waals surface area contributed by atoms with Gasteiger partial charge in [-0.3, -0.25) is 4.79 Å². The fraction of sp³-hybridized carbons (Fsp3) is 0.562. The van der Waals surface area contributed by atoms with Crippen LogP contribution in [0.4, 0.5) is 5.69 Å². The fourth-order valence-corrected chi connectivity index (χ4v) is 3.51. The van der Waals surface area contributed by atoms with Gasteiger partial charge in [0.25, 0.3) is 5.91 Å². The summed E-state index contributed by atoms with van der Waals surface area (Å²) in [6.07, 6.45) is 2.47. The zero-order chi connectivity index (χ0) is 14.8. The van der Waals surface area contributed by atoms with Crippen LogP contribution in [0.1, 0.15) is 30.9 Å². The van der Waals surface area contributed by atoms with Crippen molar-refractivity contribution in [2.45, 2.75) is 33.6 Å². The molecule has 113 valence electrons. The maximum atomic E-state index is 12.4. The van der Waals surface area contributed by atoms with Crippen molar-refractivity contribution in [3.63, 3.8) is 0 Å². The van der Waals surface area contributed by atoms with Crippen molar-refractivity contribution < 1.29 is 42.0 Å². The van der Waals surface area contributed by atoms with Crippen LogP contribution in [0, 0.1) is 13.8 Å². The Labute approximate surface area is 157 Å². The second kappa shape index (κ2) is 8.05. The molecule has 0 spiro atoms. The smallest absolute Gasteiger partial charge is 0.279 e. The first-order chi connectivity index (χ1) is 9.46. The summed E-state index contributed by atoms with van der Waals surface area (Å²) in [6, 6.07) is 3.79. The quantitative estimate of drug-likeness (QED) is 0.791. The van der Waals surface area contributed by atoms with E-state index in [2.05, 4.69) is 12.2 Å². The van der Waals surface area contributed by atoms with Crippen molar-refractivity contribution in [1.29, 1.82) is 0 Å². The predicted molar refractivity (Wildman–Crippen MR) is 84.2 cm³/mol. The molecule has 1 amide bonds. The number of rotatable bonds is 4. The third-order valence-corrected chi connectivity index (χ3v) is 4.64. The molecule has 1 aromatic rings. The molecule has 0 unspecified atom stereocenters. The molecular formula is C16H24ClN2OY+. The number of likely N-dealkylation sites (tertiary alicyclic amines) is 1. The molecule has 0 aliphatic carbocycles. The summed E-state index contributed by atoms with van der Waals surface area (Å²) < 4.78 is 0.928. The second-order valence-electron chi connectivity index (χ2n) is 5.93. The molecule has 1 heterocycles. The molecule has 3 nitrogen and oxygen atoms in total. The number of carbonyl (C=O) groups excluding carboxylic acids is 1. The molecule has 1 aromatic carbocycles. The molecule has 0 saturated carbocycles. The van der Waals surface area contributed by atoms with E-state index in [-0.39, 0.29) is 38.6 Å². The van der Waals surface area contributed by atoms with E-state index in [0.29, 0.717) is 6.54 Å². The van der Waals surface area contributed by atoms with Gasteiger partial charge in [0.15, 0.2) is 6.54 Å². The Hall–Kier alpha value is 0.0439. The molecule has 0 atom stereocenters. The second-order valence-corrected chi connectivity index (χ2v) is 6.37. The third-order valence-electron chi connectivity index (χ3n) is 4.43. The van der Waals surface area contributed by atoms with E-state index < -0.39 is 0 Å². The molecule has 1 aliphatic heterocycles. The topological polar surface area (TPSA) is 29.1 Å². The number of hydrogen-bond acceptors (Lipinski definition) is 1. The first kappa shape index (κ1) is 19.1. The number of aryl methyl sites for hydroxylation is 2. The van der Waals surface area contributed by atoms with Crippen molar-refractivity contribution in [1.82, 2.24) is 0 Å². The Kier molecular flexibility index (Phi) is 7.32. The van der Waals surface area contributed by atoms with Gasteiger partial charge in [0.1, 0.15) is 0 Å². The van der Waals surface area contributed by atoms with Gasteiger partial charge in [-0.1, -0.05) is 11.6 Å². The van der Waals surface area contributed by atoms with Crippen LogP contribution in [0.15, 0.2) is 12.1 Å². The van der Waals surface area contributed by atoms with E-state index in [1.165, 1.54) is 12.8 Å². The summed E-state index contributed by atoms with van der Waals surface area (Å²) in [5.74, 6) is 0.113. The van der Waals surface area contributed by atoms with Crippen molar-refractivity contribution in [3.05, 3.63) is 28.3 Å². The number of nitrogens with zero attached hydrogens (tertiary/aromatic N) is 1. The van der Waals surface area contributed by atoms with Crippen LogP contribution in [0.5, 0.6) is 0 Å². The van der Waals surface area contributed by atoms with Crippen molar-refractivity contribution in [3.8, 4) is 0 Å². The van der Waals surface area contributed by atoms with Gasteiger partial charge in [0, 0.05) is 56.3 Å². The monoisotopic (exact) mass is 384 g/mol. The summed E-state index contributed by atoms with van der Waals surface area (Å²) in [4.78, 5) is 12.4. The van der Waals surface area contributed by atoms with Gasteiger partial charge in [-0.25, -0.2) is 0 Å². The normalized spacial score (nSPS) is 16.4. The molecule has 1 N–H and O–H groups in total. The maximum absolute atomic E-state index is 12.4. The van der Waals surface area contributed by atoms with E-state index in [1.54, 1.807) is 0 Å². The van der Waals surface area contributed by atoms with Gasteiger partial charge in [-0.15, -0.1) is 0 Å². The van der Waals surface area contributed by atoms with E-state index >= 15 is 0 Å². The minimum absolute atomic E-state index is 0. The van der Waals surface area contributed by atoms with Crippen molar-refractivity contribution in [2.24, 2.45) is 0 Å². The summed E-state index contributed by atoms with van der Waals surface area (Å²) in [7, 11) is 0. The van der Waals surface area contributed by atoms with Crippen LogP contribution < -0.4 is 5.32 Å². The number of halogens is 1. The number of likely N-dealkylation sites (N-methyl/N-ethyl adjacent to an activating group) is 1. The van der Waals surface area contributed by atoms with Crippen LogP contribution in [-0.4, -0.2) is 36.6 Å². The molecule has 2 rings (SSSR count). The van der Waals surface area contributed by atoms with Gasteiger partial charge >= 0.3 is 0 Å². The first-order valence-corrected chi connectivity index (χ1v) is 7.75. The van der Waals surface area contributed by atoms with Crippen molar-refractivity contribution in [2.75, 3.05) is 31.5 Å². The summed E-state index contributed by atoms with van der Waals surface area (Å²) >= 11 is 6.03. The number of carbonyl (C=O) groups is 1. The number of quaternary nitrogens is 1. The average molecular weight is 385 g/mol. The standard InChI is InChI=1S/C16H23ClN2O.Y/c1-4-19(7-5-6-8-19)11-15(20)18-16-12(2)9-14(17)10-13(16)3;/h9-10H,4-8,11H2,1-3H3;/p+1. The molecule has 0 bridgehead atoms. The van der Waals surface area contributed by atoms with Crippen LogP contribution in [-0.2, 0) is 37.5 Å². The number of nitrogens with one attached hydrogen (secondary N) is 1. The largest absolute Gasteiger partial charge is 0.321 e.